The predicted octanol–water partition coefficient (Wildman–Crippen LogP) is 12.7. The number of hydrogen-bond acceptors (Lipinski definition) is 3. The lowest BCUT2D eigenvalue weighted by atomic mass is 9.33. The van der Waals surface area contributed by atoms with E-state index in [9.17, 15) is 0 Å². The van der Waals surface area contributed by atoms with E-state index in [1.54, 1.807) is 11.1 Å². The maximum Gasteiger partial charge on any atom is 0.252 e. The van der Waals surface area contributed by atoms with Crippen LogP contribution in [0.25, 0.3) is 11.1 Å². The molecule has 4 aliphatic heterocycles. The molecular formula is C56H58BN3. The predicted molar refractivity (Wildman–Crippen MR) is 256 cm³/mol. The Labute approximate surface area is 358 Å². The van der Waals surface area contributed by atoms with Gasteiger partial charge in [-0.15, -0.1) is 0 Å². The Hall–Kier alpha value is -5.22. The zero-order valence-corrected chi connectivity index (χ0v) is 37.0. The van der Waals surface area contributed by atoms with Crippen LogP contribution in [0, 0.1) is 27.7 Å². The third kappa shape index (κ3) is 4.48. The molecule has 4 unspecified atom stereocenters. The fraction of sp³-hybridized carbons (Fsp3) is 0.357. The first-order chi connectivity index (χ1) is 28.9. The second kappa shape index (κ2) is 12.2. The standard InChI is InChI=1S/C56H58BN3/c1-35-18-21-41(22-19-35)58-46-23-20-36(2)29-44(46)57-45-32-40(39-16-10-9-11-17-39)31-43-52(45)60(55(7)26-14-12-24-53(43,55)5)49-34-42(33-48(58)51(49)57)59-47-30-37(3)28-38(4)50(47)54(6)25-13-15-27-56(54,59)8/h9-11,16-23,28-34H,12-15,24-27H2,1-8H3. The maximum absolute atomic E-state index is 2.93. The normalized spacial score (nSPS) is 26.6. The Morgan fingerprint density at radius 3 is 1.90 bits per heavy atom. The lowest BCUT2D eigenvalue weighted by Crippen LogP contribution is -2.64. The lowest BCUT2D eigenvalue weighted by molar-refractivity contribution is 0.193. The first-order valence-electron chi connectivity index (χ1n) is 23.0. The summed E-state index contributed by atoms with van der Waals surface area (Å²) in [7, 11) is 0. The molecule has 4 heterocycles. The molecule has 0 N–H and O–H groups in total. The van der Waals surface area contributed by atoms with E-state index in [0.29, 0.717) is 0 Å². The lowest BCUT2D eigenvalue weighted by Gasteiger charge is -2.53. The molecule has 300 valence electrons. The van der Waals surface area contributed by atoms with Crippen molar-refractivity contribution in [2.45, 2.75) is 129 Å². The molecule has 60 heavy (non-hydrogen) atoms. The van der Waals surface area contributed by atoms with Gasteiger partial charge in [-0.25, -0.2) is 0 Å². The Balaban J connectivity index is 1.22. The van der Waals surface area contributed by atoms with Crippen LogP contribution in [0.1, 0.15) is 112 Å². The van der Waals surface area contributed by atoms with Gasteiger partial charge in [0, 0.05) is 50.6 Å². The van der Waals surface area contributed by atoms with Crippen molar-refractivity contribution in [1.82, 2.24) is 0 Å². The monoisotopic (exact) mass is 783 g/mol. The molecule has 0 bridgehead atoms. The fourth-order valence-corrected chi connectivity index (χ4v) is 14.1. The van der Waals surface area contributed by atoms with Crippen LogP contribution in [0.3, 0.4) is 0 Å². The second-order valence-corrected chi connectivity index (χ2v) is 20.7. The number of anilines is 7. The number of nitrogens with zero attached hydrogens (tertiary/aromatic N) is 3. The van der Waals surface area contributed by atoms with Gasteiger partial charge in [0.05, 0.1) is 11.1 Å². The van der Waals surface area contributed by atoms with E-state index in [1.165, 1.54) is 141 Å². The third-order valence-electron chi connectivity index (χ3n) is 17.3. The highest BCUT2D eigenvalue weighted by Crippen LogP contribution is 2.65. The van der Waals surface area contributed by atoms with Gasteiger partial charge in [-0.1, -0.05) is 117 Å². The van der Waals surface area contributed by atoms with Crippen LogP contribution in [-0.4, -0.2) is 17.8 Å². The molecule has 2 fully saturated rings. The molecule has 6 aromatic carbocycles. The van der Waals surface area contributed by atoms with Crippen molar-refractivity contribution < 1.29 is 0 Å². The highest BCUT2D eigenvalue weighted by molar-refractivity contribution is 7.00. The Bertz CT molecular complexity index is 2810. The van der Waals surface area contributed by atoms with Crippen molar-refractivity contribution >= 4 is 62.9 Å². The van der Waals surface area contributed by atoms with Crippen molar-refractivity contribution in [3.63, 3.8) is 0 Å². The van der Waals surface area contributed by atoms with Gasteiger partial charge in [-0.3, -0.25) is 0 Å². The van der Waals surface area contributed by atoms with Crippen molar-refractivity contribution in [3.8, 4) is 11.1 Å². The molecule has 0 spiro atoms. The van der Waals surface area contributed by atoms with E-state index in [1.807, 2.05) is 0 Å². The number of benzene rings is 6. The maximum atomic E-state index is 2.93. The highest BCUT2D eigenvalue weighted by atomic mass is 15.3. The molecular weight excluding hydrogens is 725 g/mol. The first kappa shape index (κ1) is 36.6. The van der Waals surface area contributed by atoms with Crippen LogP contribution in [0.5, 0.6) is 0 Å². The minimum Gasteiger partial charge on any atom is -0.335 e. The van der Waals surface area contributed by atoms with E-state index in [2.05, 4.69) is 179 Å². The average molecular weight is 784 g/mol. The van der Waals surface area contributed by atoms with Crippen LogP contribution in [0.15, 0.2) is 109 Å². The van der Waals surface area contributed by atoms with Crippen molar-refractivity contribution in [1.29, 1.82) is 0 Å². The minimum absolute atomic E-state index is 0.00493. The number of rotatable bonds is 3. The summed E-state index contributed by atoms with van der Waals surface area (Å²) in [5.74, 6) is 0. The Morgan fingerprint density at radius 1 is 0.483 bits per heavy atom. The number of hydrogen-bond donors (Lipinski definition) is 0. The van der Waals surface area contributed by atoms with Gasteiger partial charge in [0.2, 0.25) is 0 Å². The second-order valence-electron chi connectivity index (χ2n) is 20.7. The SMILES string of the molecule is Cc1ccc(N2c3ccc(C)cc3B3c4cc(-c5ccccc5)cc5c4N(c4cc(N6c7cc(C)cc(C)c7C7(C)CCCCC67C)cc2c43)C2(C)CCCCC52C)cc1. The molecule has 2 aliphatic carbocycles. The van der Waals surface area contributed by atoms with Crippen molar-refractivity contribution in [2.75, 3.05) is 14.7 Å². The van der Waals surface area contributed by atoms with Crippen LogP contribution in [0.2, 0.25) is 0 Å². The van der Waals surface area contributed by atoms with Crippen molar-refractivity contribution in [3.05, 3.63) is 143 Å². The van der Waals surface area contributed by atoms with E-state index in [-0.39, 0.29) is 28.6 Å². The van der Waals surface area contributed by atoms with Gasteiger partial charge in [-0.05, 0) is 159 Å². The summed E-state index contributed by atoms with van der Waals surface area (Å²) in [6, 6.07) is 43.3. The van der Waals surface area contributed by atoms with Gasteiger partial charge in [0.25, 0.3) is 6.71 Å². The van der Waals surface area contributed by atoms with Crippen LogP contribution in [0.4, 0.5) is 39.8 Å². The van der Waals surface area contributed by atoms with Crippen LogP contribution in [-0.2, 0) is 10.8 Å². The topological polar surface area (TPSA) is 9.72 Å². The molecule has 12 rings (SSSR count). The molecule has 4 heteroatoms. The Morgan fingerprint density at radius 2 is 1.15 bits per heavy atom. The molecule has 0 amide bonds. The van der Waals surface area contributed by atoms with Gasteiger partial charge >= 0.3 is 0 Å². The molecule has 0 radical (unpaired) electrons. The smallest absolute Gasteiger partial charge is 0.252 e. The van der Waals surface area contributed by atoms with E-state index < -0.39 is 0 Å². The van der Waals surface area contributed by atoms with Gasteiger partial charge in [-0.2, -0.15) is 0 Å². The molecule has 6 aliphatic rings. The summed E-state index contributed by atoms with van der Waals surface area (Å²) in [4.78, 5) is 8.43. The molecule has 2 saturated carbocycles. The number of aryl methyl sites for hydroxylation is 4. The third-order valence-corrected chi connectivity index (χ3v) is 17.3. The fourth-order valence-electron chi connectivity index (χ4n) is 14.1. The van der Waals surface area contributed by atoms with Gasteiger partial charge < -0.3 is 14.7 Å². The Kier molecular flexibility index (Phi) is 7.45. The average Bonchev–Trinajstić information content (AvgIpc) is 3.58. The molecule has 3 nitrogen and oxygen atoms in total. The highest BCUT2D eigenvalue weighted by Gasteiger charge is 2.63. The summed E-state index contributed by atoms with van der Waals surface area (Å²) in [6.45, 7) is 19.7. The van der Waals surface area contributed by atoms with Crippen molar-refractivity contribution in [2.24, 2.45) is 0 Å². The summed E-state index contributed by atoms with van der Waals surface area (Å²) in [6.07, 6.45) is 9.88. The minimum atomic E-state index is -0.0735. The van der Waals surface area contributed by atoms with Crippen LogP contribution >= 0.6 is 0 Å². The largest absolute Gasteiger partial charge is 0.335 e. The van der Waals surface area contributed by atoms with E-state index >= 15 is 0 Å². The molecule has 0 aromatic heterocycles. The van der Waals surface area contributed by atoms with E-state index in [0.717, 1.165) is 0 Å². The summed E-state index contributed by atoms with van der Waals surface area (Å²) < 4.78 is 0. The first-order valence-corrected chi connectivity index (χ1v) is 23.0. The summed E-state index contributed by atoms with van der Waals surface area (Å²) >= 11 is 0. The molecule has 4 atom stereocenters. The zero-order valence-electron chi connectivity index (χ0n) is 37.0. The van der Waals surface area contributed by atoms with E-state index in [4.69, 9.17) is 0 Å². The van der Waals surface area contributed by atoms with Gasteiger partial charge in [0.15, 0.2) is 0 Å². The van der Waals surface area contributed by atoms with Crippen LogP contribution < -0.4 is 31.1 Å². The summed E-state index contributed by atoms with van der Waals surface area (Å²) in [5, 5.41) is 0. The number of fused-ring (bicyclic) bond motifs is 10. The quantitative estimate of drug-likeness (QED) is 0.165. The van der Waals surface area contributed by atoms with Gasteiger partial charge in [0.1, 0.15) is 0 Å². The summed E-state index contributed by atoms with van der Waals surface area (Å²) in [5.41, 5.74) is 25.0. The molecule has 6 aromatic rings. The molecule has 0 saturated heterocycles. The zero-order chi connectivity index (χ0) is 41.1.